The van der Waals surface area contributed by atoms with E-state index in [4.69, 9.17) is 9.47 Å². The normalized spacial score (nSPS) is 21.9. The lowest BCUT2D eigenvalue weighted by Crippen LogP contribution is -2.27. The zero-order valence-electron chi connectivity index (χ0n) is 11.4. The van der Waals surface area contributed by atoms with Crippen molar-refractivity contribution in [2.45, 2.75) is 19.1 Å². The first-order chi connectivity index (χ1) is 10.1. The van der Waals surface area contributed by atoms with Gasteiger partial charge in [-0.1, -0.05) is 6.07 Å². The largest absolute Gasteiger partial charge is 0.348 e. The predicted molar refractivity (Wildman–Crippen MR) is 73.3 cm³/mol. The van der Waals surface area contributed by atoms with Gasteiger partial charge in [-0.05, 0) is 37.8 Å². The van der Waals surface area contributed by atoms with E-state index in [0.717, 1.165) is 6.08 Å². The second-order valence-corrected chi connectivity index (χ2v) is 4.80. The van der Waals surface area contributed by atoms with Gasteiger partial charge in [-0.15, -0.1) is 0 Å². The molecule has 0 bridgehead atoms. The highest BCUT2D eigenvalue weighted by atomic mass is 19.3. The lowest BCUT2D eigenvalue weighted by Gasteiger charge is -2.29. The second kappa shape index (κ2) is 7.38. The third kappa shape index (κ3) is 4.41. The first-order valence-electron chi connectivity index (χ1n) is 6.60. The summed E-state index contributed by atoms with van der Waals surface area (Å²) in [5.74, 6) is -0.420. The van der Waals surface area contributed by atoms with Crippen LogP contribution in [0.1, 0.15) is 24.7 Å². The number of nitrogens with zero attached hydrogens (tertiary/aromatic N) is 1. The third-order valence-corrected chi connectivity index (χ3v) is 3.25. The lowest BCUT2D eigenvalue weighted by molar-refractivity contribution is -0.205. The highest BCUT2D eigenvalue weighted by Crippen LogP contribution is 2.29. The Labute approximate surface area is 121 Å². The van der Waals surface area contributed by atoms with E-state index in [1.54, 1.807) is 6.07 Å². The molecule has 0 atom stereocenters. The zero-order valence-corrected chi connectivity index (χ0v) is 11.4. The minimum absolute atomic E-state index is 0.0656. The number of benzene rings is 1. The smallest absolute Gasteiger partial charge is 0.266 e. The summed E-state index contributed by atoms with van der Waals surface area (Å²) in [6.07, 6.45) is -0.557. The summed E-state index contributed by atoms with van der Waals surface area (Å²) in [4.78, 5) is 3.54. The summed E-state index contributed by atoms with van der Waals surface area (Å²) in [7, 11) is 0. The van der Waals surface area contributed by atoms with Crippen LogP contribution in [0.3, 0.4) is 0 Å². The molecule has 0 radical (unpaired) electrons. The second-order valence-electron chi connectivity index (χ2n) is 4.80. The van der Waals surface area contributed by atoms with Crippen molar-refractivity contribution >= 4 is 12.4 Å². The first-order valence-corrected chi connectivity index (χ1v) is 6.60. The fourth-order valence-corrected chi connectivity index (χ4v) is 2.13. The monoisotopic (exact) mass is 299 g/mol. The lowest BCUT2D eigenvalue weighted by atomic mass is 10.0. The Kier molecular flexibility index (Phi) is 5.52. The molecule has 3 nitrogen and oxygen atoms in total. The summed E-state index contributed by atoms with van der Waals surface area (Å²) in [6, 6.07) is 4.47. The van der Waals surface area contributed by atoms with Crippen LogP contribution < -0.4 is 0 Å². The van der Waals surface area contributed by atoms with E-state index in [1.165, 1.54) is 12.1 Å². The van der Waals surface area contributed by atoms with E-state index in [2.05, 4.69) is 11.7 Å². The molecule has 1 aliphatic rings. The van der Waals surface area contributed by atoms with Crippen molar-refractivity contribution in [3.8, 4) is 0 Å². The molecule has 0 aliphatic carbocycles. The van der Waals surface area contributed by atoms with Crippen LogP contribution in [0, 0.1) is 11.7 Å². The molecule has 2 rings (SSSR count). The minimum Gasteiger partial charge on any atom is -0.348 e. The number of halogens is 3. The van der Waals surface area contributed by atoms with Crippen molar-refractivity contribution in [3.05, 3.63) is 41.7 Å². The molecular formula is C15H16F3NO2. The van der Waals surface area contributed by atoms with Gasteiger partial charge in [-0.3, -0.25) is 4.99 Å². The maximum absolute atomic E-state index is 13.6. The van der Waals surface area contributed by atoms with E-state index >= 15 is 0 Å². The van der Waals surface area contributed by atoms with Crippen molar-refractivity contribution in [1.82, 2.24) is 0 Å². The Bertz CT molecular complexity index is 522. The van der Waals surface area contributed by atoms with Gasteiger partial charge in [0.05, 0.1) is 18.9 Å². The van der Waals surface area contributed by atoms with Gasteiger partial charge in [0.15, 0.2) is 6.29 Å². The number of ether oxygens (including phenoxy) is 2. The van der Waals surface area contributed by atoms with Crippen molar-refractivity contribution < 1.29 is 22.6 Å². The number of aliphatic imine (C=N–C) groups is 1. The van der Waals surface area contributed by atoms with Crippen molar-refractivity contribution in [2.24, 2.45) is 10.9 Å². The molecule has 0 amide bonds. The molecule has 0 spiro atoms. The maximum atomic E-state index is 13.6. The molecule has 21 heavy (non-hydrogen) atoms. The highest BCUT2D eigenvalue weighted by molar-refractivity contribution is 5.47. The van der Waals surface area contributed by atoms with Crippen molar-refractivity contribution in [1.29, 1.82) is 0 Å². The van der Waals surface area contributed by atoms with Crippen LogP contribution >= 0.6 is 0 Å². The number of hydrogen-bond donors (Lipinski definition) is 0. The van der Waals surface area contributed by atoms with Crippen molar-refractivity contribution in [3.63, 3.8) is 0 Å². The highest BCUT2D eigenvalue weighted by Gasteiger charge is 2.23. The molecule has 0 unspecified atom stereocenters. The Morgan fingerprint density at radius 1 is 1.33 bits per heavy atom. The van der Waals surface area contributed by atoms with Crippen LogP contribution in [0.5, 0.6) is 0 Å². The van der Waals surface area contributed by atoms with Crippen LogP contribution in [0.25, 0.3) is 0 Å². The summed E-state index contributed by atoms with van der Waals surface area (Å²) in [6.45, 7) is 4.07. The van der Waals surface area contributed by atoms with Gasteiger partial charge in [0.1, 0.15) is 5.82 Å². The van der Waals surface area contributed by atoms with Crippen molar-refractivity contribution in [2.75, 3.05) is 13.2 Å². The molecular weight excluding hydrogens is 283 g/mol. The average Bonchev–Trinajstić information content (AvgIpc) is 2.47. The van der Waals surface area contributed by atoms with E-state index in [0.29, 0.717) is 31.6 Å². The Morgan fingerprint density at radius 2 is 2.05 bits per heavy atom. The fraction of sp³-hybridized carbons (Fsp3) is 0.400. The molecule has 1 aromatic rings. The topological polar surface area (TPSA) is 30.8 Å². The summed E-state index contributed by atoms with van der Waals surface area (Å²) in [5, 5.41) is 0. The molecule has 1 aliphatic heterocycles. The molecule has 0 N–H and O–H groups in total. The maximum Gasteiger partial charge on any atom is 0.266 e. The minimum atomic E-state index is -1.67. The molecule has 0 saturated carbocycles. The molecule has 0 aromatic heterocycles. The van der Waals surface area contributed by atoms with Gasteiger partial charge in [0, 0.05) is 11.5 Å². The molecule has 114 valence electrons. The van der Waals surface area contributed by atoms with E-state index in [9.17, 15) is 13.2 Å². The Balaban J connectivity index is 1.87. The van der Waals surface area contributed by atoms with Gasteiger partial charge in [-0.25, -0.2) is 4.39 Å². The fourth-order valence-electron chi connectivity index (χ4n) is 2.13. The standard InChI is InChI=1S/C15H16F3NO2/c1-19-13-6-5-11(7-12(13)16)15-20-8-10(9-21-15)3-2-4-14(17)18/h4-7,10,15H,1-3,8-9H2. The number of hydrogen-bond acceptors (Lipinski definition) is 3. The van der Waals surface area contributed by atoms with E-state index in [1.807, 2.05) is 0 Å². The van der Waals surface area contributed by atoms with E-state index in [-0.39, 0.29) is 11.6 Å². The average molecular weight is 299 g/mol. The van der Waals surface area contributed by atoms with Gasteiger partial charge >= 0.3 is 0 Å². The van der Waals surface area contributed by atoms with Gasteiger partial charge in [0.25, 0.3) is 6.08 Å². The zero-order chi connectivity index (χ0) is 15.2. The molecule has 6 heteroatoms. The van der Waals surface area contributed by atoms with Gasteiger partial charge < -0.3 is 9.47 Å². The first kappa shape index (κ1) is 15.7. The molecule has 1 saturated heterocycles. The number of allylic oxidation sites excluding steroid dienone is 1. The summed E-state index contributed by atoms with van der Waals surface area (Å²) < 4.78 is 48.5. The predicted octanol–water partition coefficient (Wildman–Crippen LogP) is 4.38. The van der Waals surface area contributed by atoms with Gasteiger partial charge in [0.2, 0.25) is 0 Å². The summed E-state index contributed by atoms with van der Waals surface area (Å²) in [5.41, 5.74) is 0.737. The number of rotatable bonds is 5. The molecule has 1 heterocycles. The van der Waals surface area contributed by atoms with Crippen LogP contribution in [0.4, 0.5) is 18.9 Å². The molecule has 1 fully saturated rings. The molecule has 1 aromatic carbocycles. The van der Waals surface area contributed by atoms with Crippen LogP contribution in [-0.2, 0) is 9.47 Å². The van der Waals surface area contributed by atoms with Crippen LogP contribution in [0.15, 0.2) is 35.3 Å². The quantitative estimate of drug-likeness (QED) is 0.755. The van der Waals surface area contributed by atoms with Crippen LogP contribution in [-0.4, -0.2) is 19.9 Å². The van der Waals surface area contributed by atoms with E-state index < -0.39 is 18.2 Å². The Morgan fingerprint density at radius 3 is 2.62 bits per heavy atom. The SMILES string of the molecule is C=Nc1ccc(C2OCC(CCC=C(F)F)CO2)cc1F. The Hall–Kier alpha value is -1.66. The summed E-state index contributed by atoms with van der Waals surface area (Å²) >= 11 is 0. The third-order valence-electron chi connectivity index (χ3n) is 3.25. The van der Waals surface area contributed by atoms with Crippen LogP contribution in [0.2, 0.25) is 0 Å². The van der Waals surface area contributed by atoms with Gasteiger partial charge in [-0.2, -0.15) is 8.78 Å².